The van der Waals surface area contributed by atoms with Gasteiger partial charge in [-0.3, -0.25) is 9.59 Å². The topological polar surface area (TPSA) is 63.6 Å². The molecule has 0 saturated heterocycles. The standard InChI is InChI=1S/C5H8O4.K/c1-2-9-5(8)3-4(6)7;/h2-3H2,1H3,(H,6,7);/q;+1. The summed E-state index contributed by atoms with van der Waals surface area (Å²) in [6, 6.07) is 0. The molecule has 0 aliphatic carbocycles. The zero-order valence-electron chi connectivity index (χ0n) is 6.09. The summed E-state index contributed by atoms with van der Waals surface area (Å²) < 4.78 is 4.33. The molecule has 0 bridgehead atoms. The first-order chi connectivity index (χ1) is 4.16. The molecule has 0 aliphatic rings. The number of carboxylic acid groups (broad SMARTS) is 1. The minimum Gasteiger partial charge on any atom is -0.481 e. The van der Waals surface area contributed by atoms with Crippen LogP contribution in [0.25, 0.3) is 0 Å². The number of carboxylic acids is 1. The molecule has 0 amide bonds. The molecule has 0 aromatic rings. The third-order valence-electron chi connectivity index (χ3n) is 0.601. The molecule has 0 spiro atoms. The van der Waals surface area contributed by atoms with Crippen molar-refractivity contribution in [3.63, 3.8) is 0 Å². The van der Waals surface area contributed by atoms with Gasteiger partial charge in [-0.2, -0.15) is 0 Å². The van der Waals surface area contributed by atoms with Crippen LogP contribution in [0.15, 0.2) is 0 Å². The summed E-state index contributed by atoms with van der Waals surface area (Å²) in [7, 11) is 0. The molecule has 0 fully saturated rings. The molecule has 10 heavy (non-hydrogen) atoms. The molecule has 5 heteroatoms. The van der Waals surface area contributed by atoms with E-state index in [9.17, 15) is 9.59 Å². The van der Waals surface area contributed by atoms with E-state index in [-0.39, 0.29) is 58.0 Å². The van der Waals surface area contributed by atoms with E-state index in [1.165, 1.54) is 0 Å². The van der Waals surface area contributed by atoms with Gasteiger partial charge in [0.25, 0.3) is 0 Å². The zero-order chi connectivity index (χ0) is 7.28. The van der Waals surface area contributed by atoms with Crippen LogP contribution < -0.4 is 51.4 Å². The van der Waals surface area contributed by atoms with Crippen molar-refractivity contribution in [2.24, 2.45) is 0 Å². The van der Waals surface area contributed by atoms with Crippen LogP contribution in [0.4, 0.5) is 0 Å². The predicted molar refractivity (Wildman–Crippen MR) is 28.9 cm³/mol. The Bertz CT molecular complexity index is 123. The molecule has 0 unspecified atom stereocenters. The summed E-state index contributed by atoms with van der Waals surface area (Å²) in [5.41, 5.74) is 0. The molecule has 0 heterocycles. The summed E-state index contributed by atoms with van der Waals surface area (Å²) in [6.45, 7) is 1.85. The number of ether oxygens (including phenoxy) is 1. The largest absolute Gasteiger partial charge is 1.00 e. The van der Waals surface area contributed by atoms with Crippen molar-refractivity contribution in [2.75, 3.05) is 6.61 Å². The van der Waals surface area contributed by atoms with E-state index in [0.29, 0.717) is 0 Å². The second kappa shape index (κ2) is 7.68. The van der Waals surface area contributed by atoms with Crippen LogP contribution in [0.3, 0.4) is 0 Å². The Morgan fingerprint density at radius 3 is 2.30 bits per heavy atom. The van der Waals surface area contributed by atoms with E-state index in [0.717, 1.165) is 0 Å². The van der Waals surface area contributed by atoms with E-state index in [2.05, 4.69) is 4.74 Å². The van der Waals surface area contributed by atoms with Crippen molar-refractivity contribution in [3.8, 4) is 0 Å². The predicted octanol–water partition coefficient (Wildman–Crippen LogP) is -2.97. The number of aliphatic carboxylic acids is 1. The first kappa shape index (κ1) is 13.2. The molecular formula is C5H8KO4+. The fourth-order valence-corrected chi connectivity index (χ4v) is 0.335. The number of carbonyl (C=O) groups excluding carboxylic acids is 1. The maximum atomic E-state index is 10.3. The summed E-state index contributed by atoms with van der Waals surface area (Å²) in [5.74, 6) is -1.85. The molecular weight excluding hydrogens is 163 g/mol. The van der Waals surface area contributed by atoms with Crippen LogP contribution in [-0.2, 0) is 14.3 Å². The number of esters is 1. The first-order valence-corrected chi connectivity index (χ1v) is 2.54. The van der Waals surface area contributed by atoms with Gasteiger partial charge in [-0.05, 0) is 6.92 Å². The Balaban J connectivity index is 0. The van der Waals surface area contributed by atoms with Crippen LogP contribution >= 0.6 is 0 Å². The van der Waals surface area contributed by atoms with Crippen molar-refractivity contribution < 1.29 is 70.8 Å². The second-order valence-electron chi connectivity index (χ2n) is 1.38. The van der Waals surface area contributed by atoms with Crippen LogP contribution in [0.5, 0.6) is 0 Å². The molecule has 4 nitrogen and oxygen atoms in total. The monoisotopic (exact) mass is 171 g/mol. The Morgan fingerprint density at radius 2 is 2.00 bits per heavy atom. The fourth-order valence-electron chi connectivity index (χ4n) is 0.335. The van der Waals surface area contributed by atoms with Gasteiger partial charge >= 0.3 is 63.3 Å². The van der Waals surface area contributed by atoms with Gasteiger partial charge in [-0.15, -0.1) is 0 Å². The van der Waals surface area contributed by atoms with E-state index < -0.39 is 18.4 Å². The van der Waals surface area contributed by atoms with Crippen molar-refractivity contribution in [3.05, 3.63) is 0 Å². The van der Waals surface area contributed by atoms with Gasteiger partial charge in [0.1, 0.15) is 6.42 Å². The molecule has 0 aromatic carbocycles. The molecule has 52 valence electrons. The molecule has 0 rings (SSSR count). The summed E-state index contributed by atoms with van der Waals surface area (Å²) in [5, 5.41) is 8.01. The Hall–Kier alpha value is 0.576. The second-order valence-corrected chi connectivity index (χ2v) is 1.38. The van der Waals surface area contributed by atoms with Crippen molar-refractivity contribution in [2.45, 2.75) is 13.3 Å². The van der Waals surface area contributed by atoms with Gasteiger partial charge in [0.15, 0.2) is 0 Å². The number of rotatable bonds is 3. The van der Waals surface area contributed by atoms with Gasteiger partial charge in [-0.25, -0.2) is 0 Å². The maximum absolute atomic E-state index is 10.3. The van der Waals surface area contributed by atoms with E-state index in [1.54, 1.807) is 6.92 Å². The van der Waals surface area contributed by atoms with Crippen molar-refractivity contribution in [1.82, 2.24) is 0 Å². The first-order valence-electron chi connectivity index (χ1n) is 2.54. The van der Waals surface area contributed by atoms with Crippen LogP contribution in [0, 0.1) is 0 Å². The Kier molecular flexibility index (Phi) is 10.1. The molecule has 0 saturated carbocycles. The van der Waals surface area contributed by atoms with Gasteiger partial charge in [0, 0.05) is 0 Å². The van der Waals surface area contributed by atoms with Gasteiger partial charge in [0.05, 0.1) is 6.61 Å². The van der Waals surface area contributed by atoms with Gasteiger partial charge < -0.3 is 9.84 Å². The smallest absolute Gasteiger partial charge is 0.481 e. The minimum absolute atomic E-state index is 0. The normalized spacial score (nSPS) is 7.70. The average Bonchev–Trinajstić information content (AvgIpc) is 1.63. The van der Waals surface area contributed by atoms with Crippen LogP contribution in [-0.4, -0.2) is 23.7 Å². The third kappa shape index (κ3) is 8.58. The number of carbonyl (C=O) groups is 2. The quantitative estimate of drug-likeness (QED) is 0.280. The summed E-state index contributed by atoms with van der Waals surface area (Å²) >= 11 is 0. The molecule has 0 aromatic heterocycles. The number of hydrogen-bond donors (Lipinski definition) is 1. The van der Waals surface area contributed by atoms with Gasteiger partial charge in [0.2, 0.25) is 0 Å². The van der Waals surface area contributed by atoms with E-state index in [4.69, 9.17) is 5.11 Å². The summed E-state index contributed by atoms with van der Waals surface area (Å²) in [6.07, 6.45) is -0.548. The average molecular weight is 171 g/mol. The third-order valence-corrected chi connectivity index (χ3v) is 0.601. The summed E-state index contributed by atoms with van der Waals surface area (Å²) in [4.78, 5) is 20.0. The van der Waals surface area contributed by atoms with Crippen LogP contribution in [0.2, 0.25) is 0 Å². The molecule has 0 atom stereocenters. The van der Waals surface area contributed by atoms with Crippen LogP contribution in [0.1, 0.15) is 13.3 Å². The molecule has 0 radical (unpaired) electrons. The zero-order valence-corrected chi connectivity index (χ0v) is 9.21. The van der Waals surface area contributed by atoms with Crippen molar-refractivity contribution in [1.29, 1.82) is 0 Å². The molecule has 1 N–H and O–H groups in total. The Labute approximate surface area is 101 Å². The maximum Gasteiger partial charge on any atom is 1.00 e. The number of hydrogen-bond acceptors (Lipinski definition) is 3. The Morgan fingerprint density at radius 1 is 1.50 bits per heavy atom. The fraction of sp³-hybridized carbons (Fsp3) is 0.600. The van der Waals surface area contributed by atoms with E-state index >= 15 is 0 Å². The minimum atomic E-state index is -1.16. The van der Waals surface area contributed by atoms with E-state index in [1.807, 2.05) is 0 Å². The SMILES string of the molecule is CCOC(=O)CC(=O)O.[K+]. The molecule has 0 aliphatic heterocycles. The van der Waals surface area contributed by atoms with Crippen molar-refractivity contribution >= 4 is 11.9 Å². The van der Waals surface area contributed by atoms with Gasteiger partial charge in [-0.1, -0.05) is 0 Å².